The first kappa shape index (κ1) is 20.1. The highest BCUT2D eigenvalue weighted by Gasteiger charge is 2.15. The summed E-state index contributed by atoms with van der Waals surface area (Å²) in [7, 11) is 4.18. The lowest BCUT2D eigenvalue weighted by molar-refractivity contribution is 0.0773. The molecule has 3 aromatic rings. The number of hydrogen-bond acceptors (Lipinski definition) is 4. The van der Waals surface area contributed by atoms with Gasteiger partial charge < -0.3 is 15.1 Å². The fourth-order valence-electron chi connectivity index (χ4n) is 3.52. The number of nitrogens with zero attached hydrogens (tertiary/aromatic N) is 3. The van der Waals surface area contributed by atoms with Crippen molar-refractivity contribution >= 4 is 33.4 Å². The standard InChI is InChI=1S/C23H30N4O/c1-5-27(6-2)23(28)17-12-13-19-21(16-17)25-20-11-8-7-10-18(20)22(19)24-14-9-15-26(3)4/h7-8,10-13,16H,5-6,9,14-15H2,1-4H3,(H,24,25). The number of aromatic nitrogens is 1. The van der Waals surface area contributed by atoms with Crippen LogP contribution in [0.15, 0.2) is 42.5 Å². The van der Waals surface area contributed by atoms with E-state index in [4.69, 9.17) is 4.98 Å². The van der Waals surface area contributed by atoms with Crippen LogP contribution in [0.25, 0.3) is 21.8 Å². The summed E-state index contributed by atoms with van der Waals surface area (Å²) in [6.45, 7) is 7.35. The average molecular weight is 379 g/mol. The monoisotopic (exact) mass is 378 g/mol. The van der Waals surface area contributed by atoms with E-state index in [0.29, 0.717) is 18.7 Å². The molecule has 0 unspecified atom stereocenters. The summed E-state index contributed by atoms with van der Waals surface area (Å²) >= 11 is 0. The van der Waals surface area contributed by atoms with Crippen LogP contribution >= 0.6 is 0 Å². The van der Waals surface area contributed by atoms with Crippen LogP contribution in [0.3, 0.4) is 0 Å². The minimum absolute atomic E-state index is 0.0577. The van der Waals surface area contributed by atoms with E-state index < -0.39 is 0 Å². The van der Waals surface area contributed by atoms with E-state index in [2.05, 4.69) is 30.4 Å². The van der Waals surface area contributed by atoms with Crippen molar-refractivity contribution in [3.8, 4) is 0 Å². The molecule has 0 saturated heterocycles. The first-order chi connectivity index (χ1) is 13.5. The van der Waals surface area contributed by atoms with Crippen LogP contribution in [-0.4, -0.2) is 61.0 Å². The molecular weight excluding hydrogens is 348 g/mol. The molecule has 2 aromatic carbocycles. The summed E-state index contributed by atoms with van der Waals surface area (Å²) in [4.78, 5) is 21.6. The quantitative estimate of drug-likeness (QED) is 0.471. The number of fused-ring (bicyclic) bond motifs is 2. The van der Waals surface area contributed by atoms with Gasteiger partial charge in [-0.15, -0.1) is 0 Å². The Balaban J connectivity index is 2.02. The Morgan fingerprint density at radius 2 is 1.71 bits per heavy atom. The summed E-state index contributed by atoms with van der Waals surface area (Å²) in [5.41, 5.74) is 3.59. The molecule has 3 rings (SSSR count). The fourth-order valence-corrected chi connectivity index (χ4v) is 3.52. The van der Waals surface area contributed by atoms with Crippen LogP contribution in [0.4, 0.5) is 5.69 Å². The van der Waals surface area contributed by atoms with Crippen LogP contribution in [0.1, 0.15) is 30.6 Å². The third-order valence-corrected chi connectivity index (χ3v) is 5.06. The lowest BCUT2D eigenvalue weighted by atomic mass is 10.0. The summed E-state index contributed by atoms with van der Waals surface area (Å²) in [6.07, 6.45) is 1.06. The van der Waals surface area contributed by atoms with Crippen molar-refractivity contribution in [2.75, 3.05) is 45.6 Å². The molecule has 1 N–H and O–H groups in total. The van der Waals surface area contributed by atoms with Crippen LogP contribution < -0.4 is 5.32 Å². The van der Waals surface area contributed by atoms with Gasteiger partial charge >= 0.3 is 0 Å². The molecule has 1 heterocycles. The molecule has 5 nitrogen and oxygen atoms in total. The van der Waals surface area contributed by atoms with Gasteiger partial charge in [-0.25, -0.2) is 4.98 Å². The first-order valence-electron chi connectivity index (χ1n) is 10.1. The maximum atomic E-state index is 12.8. The van der Waals surface area contributed by atoms with Crippen LogP contribution in [0, 0.1) is 0 Å². The Labute approximate surface area is 167 Å². The predicted molar refractivity (Wildman–Crippen MR) is 118 cm³/mol. The van der Waals surface area contributed by atoms with Crippen LogP contribution in [0.5, 0.6) is 0 Å². The molecule has 0 atom stereocenters. The molecular formula is C23H30N4O. The van der Waals surface area contributed by atoms with E-state index in [0.717, 1.165) is 47.0 Å². The normalized spacial score (nSPS) is 11.3. The van der Waals surface area contributed by atoms with Gasteiger partial charge in [0, 0.05) is 36.0 Å². The lowest BCUT2D eigenvalue weighted by Gasteiger charge is -2.19. The van der Waals surface area contributed by atoms with Crippen LogP contribution in [0.2, 0.25) is 0 Å². The molecule has 0 aliphatic heterocycles. The van der Waals surface area contributed by atoms with Gasteiger partial charge in [-0.05, 0) is 65.2 Å². The largest absolute Gasteiger partial charge is 0.384 e. The van der Waals surface area contributed by atoms with Gasteiger partial charge in [0.25, 0.3) is 5.91 Å². The molecule has 0 spiro atoms. The topological polar surface area (TPSA) is 48.5 Å². The van der Waals surface area contributed by atoms with Crippen molar-refractivity contribution in [3.63, 3.8) is 0 Å². The van der Waals surface area contributed by atoms with Gasteiger partial charge in [0.05, 0.1) is 16.7 Å². The second-order valence-corrected chi connectivity index (χ2v) is 7.30. The number of nitrogens with one attached hydrogen (secondary N) is 1. The zero-order valence-corrected chi connectivity index (χ0v) is 17.3. The predicted octanol–water partition coefficient (Wildman–Crippen LogP) is 4.23. The van der Waals surface area contributed by atoms with E-state index in [9.17, 15) is 4.79 Å². The van der Waals surface area contributed by atoms with Gasteiger partial charge in [-0.2, -0.15) is 0 Å². The Hall–Kier alpha value is -2.66. The van der Waals surface area contributed by atoms with Gasteiger partial charge in [-0.1, -0.05) is 18.2 Å². The Kier molecular flexibility index (Phi) is 6.47. The molecule has 0 aliphatic rings. The fraction of sp³-hybridized carbons (Fsp3) is 0.391. The average Bonchev–Trinajstić information content (AvgIpc) is 2.70. The molecule has 1 aromatic heterocycles. The molecule has 5 heteroatoms. The number of pyridine rings is 1. The molecule has 0 fully saturated rings. The minimum atomic E-state index is 0.0577. The summed E-state index contributed by atoms with van der Waals surface area (Å²) in [6, 6.07) is 14.0. The van der Waals surface area contributed by atoms with Crippen molar-refractivity contribution in [2.45, 2.75) is 20.3 Å². The number of carbonyl (C=O) groups is 1. The second kappa shape index (κ2) is 9.02. The van der Waals surface area contributed by atoms with Gasteiger partial charge in [-0.3, -0.25) is 4.79 Å². The third kappa shape index (κ3) is 4.25. The third-order valence-electron chi connectivity index (χ3n) is 5.06. The van der Waals surface area contributed by atoms with E-state index in [1.54, 1.807) is 0 Å². The molecule has 28 heavy (non-hydrogen) atoms. The number of benzene rings is 2. The number of amides is 1. The SMILES string of the molecule is CCN(CC)C(=O)c1ccc2c(NCCCN(C)C)c3ccccc3nc2c1. The number of hydrogen-bond donors (Lipinski definition) is 1. The van der Waals surface area contributed by atoms with E-state index >= 15 is 0 Å². The summed E-state index contributed by atoms with van der Waals surface area (Å²) < 4.78 is 0. The van der Waals surface area contributed by atoms with E-state index in [1.165, 1.54) is 0 Å². The van der Waals surface area contributed by atoms with Crippen molar-refractivity contribution in [3.05, 3.63) is 48.0 Å². The molecule has 0 saturated carbocycles. The molecule has 0 bridgehead atoms. The highest BCUT2D eigenvalue weighted by Crippen LogP contribution is 2.31. The maximum Gasteiger partial charge on any atom is 0.253 e. The van der Waals surface area contributed by atoms with E-state index in [-0.39, 0.29) is 5.91 Å². The van der Waals surface area contributed by atoms with Crippen molar-refractivity contribution < 1.29 is 4.79 Å². The Morgan fingerprint density at radius 1 is 1.00 bits per heavy atom. The number of rotatable bonds is 8. The summed E-state index contributed by atoms with van der Waals surface area (Å²) in [5, 5.41) is 5.79. The van der Waals surface area contributed by atoms with Gasteiger partial charge in [0.15, 0.2) is 0 Å². The highest BCUT2D eigenvalue weighted by molar-refractivity contribution is 6.09. The molecule has 1 amide bonds. The first-order valence-corrected chi connectivity index (χ1v) is 10.1. The number of para-hydroxylation sites is 1. The summed E-state index contributed by atoms with van der Waals surface area (Å²) in [5.74, 6) is 0.0577. The van der Waals surface area contributed by atoms with E-state index in [1.807, 2.05) is 55.1 Å². The van der Waals surface area contributed by atoms with Gasteiger partial charge in [0.1, 0.15) is 0 Å². The Morgan fingerprint density at radius 3 is 2.43 bits per heavy atom. The molecule has 148 valence electrons. The zero-order valence-electron chi connectivity index (χ0n) is 17.3. The molecule has 0 aliphatic carbocycles. The van der Waals surface area contributed by atoms with Crippen molar-refractivity contribution in [2.24, 2.45) is 0 Å². The van der Waals surface area contributed by atoms with Crippen molar-refractivity contribution in [1.29, 1.82) is 0 Å². The van der Waals surface area contributed by atoms with Crippen LogP contribution in [-0.2, 0) is 0 Å². The Bertz CT molecular complexity index is 963. The highest BCUT2D eigenvalue weighted by atomic mass is 16.2. The smallest absolute Gasteiger partial charge is 0.253 e. The minimum Gasteiger partial charge on any atom is -0.384 e. The molecule has 0 radical (unpaired) electrons. The number of carbonyl (C=O) groups excluding carboxylic acids is 1. The maximum absolute atomic E-state index is 12.8. The zero-order chi connectivity index (χ0) is 20.1. The van der Waals surface area contributed by atoms with Crippen molar-refractivity contribution in [1.82, 2.24) is 14.8 Å². The number of anilines is 1. The second-order valence-electron chi connectivity index (χ2n) is 7.30. The lowest BCUT2D eigenvalue weighted by Crippen LogP contribution is -2.30. The van der Waals surface area contributed by atoms with Gasteiger partial charge in [0.2, 0.25) is 0 Å².